The first-order chi connectivity index (χ1) is 12.6. The van der Waals surface area contributed by atoms with Gasteiger partial charge in [-0.3, -0.25) is 9.69 Å². The summed E-state index contributed by atoms with van der Waals surface area (Å²) >= 11 is 1.22. The normalized spacial score (nSPS) is 15.6. The second kappa shape index (κ2) is 6.56. The Kier molecular flexibility index (Phi) is 4.23. The van der Waals surface area contributed by atoms with Gasteiger partial charge in [-0.05, 0) is 19.9 Å². The van der Waals surface area contributed by atoms with Gasteiger partial charge in [0.1, 0.15) is 5.52 Å². The van der Waals surface area contributed by atoms with E-state index >= 15 is 0 Å². The van der Waals surface area contributed by atoms with Crippen LogP contribution in [0.3, 0.4) is 0 Å². The maximum absolute atomic E-state index is 12.5. The van der Waals surface area contributed by atoms with Crippen molar-refractivity contribution in [2.75, 3.05) is 13.1 Å². The average Bonchev–Trinajstić information content (AvgIpc) is 3.21. The largest absolute Gasteiger partial charge is 0.336 e. The molecule has 3 heterocycles. The van der Waals surface area contributed by atoms with Gasteiger partial charge in [-0.25, -0.2) is 9.78 Å². The summed E-state index contributed by atoms with van der Waals surface area (Å²) in [5.74, 6) is -0.246. The van der Waals surface area contributed by atoms with Crippen molar-refractivity contribution in [3.63, 3.8) is 0 Å². The monoisotopic (exact) mass is 370 g/mol. The fourth-order valence-corrected chi connectivity index (χ4v) is 3.94. The van der Waals surface area contributed by atoms with Crippen molar-refractivity contribution >= 4 is 45.8 Å². The highest BCUT2D eigenvalue weighted by atomic mass is 32.2. The number of nitrogens with one attached hydrogen (secondary N) is 1. The number of nitrogens with zero attached hydrogens (tertiary/aromatic N) is 5. The molecule has 1 N–H and O–H groups in total. The van der Waals surface area contributed by atoms with E-state index in [4.69, 9.17) is 0 Å². The summed E-state index contributed by atoms with van der Waals surface area (Å²) in [6.45, 7) is 5.45. The van der Waals surface area contributed by atoms with Crippen LogP contribution < -0.4 is 5.32 Å². The van der Waals surface area contributed by atoms with E-state index in [0.29, 0.717) is 18.2 Å². The number of carbonyl (C=O) groups excluding carboxylic acids is 2. The fraction of sp³-hybridized carbons (Fsp3) is 0.353. The summed E-state index contributed by atoms with van der Waals surface area (Å²) in [5, 5.41) is 12.1. The van der Waals surface area contributed by atoms with E-state index in [-0.39, 0.29) is 11.9 Å². The lowest BCUT2D eigenvalue weighted by Crippen LogP contribution is -2.39. The van der Waals surface area contributed by atoms with Crippen molar-refractivity contribution in [3.05, 3.63) is 24.3 Å². The quantitative estimate of drug-likeness (QED) is 0.707. The van der Waals surface area contributed by atoms with E-state index in [9.17, 15) is 9.59 Å². The molecule has 134 valence electrons. The summed E-state index contributed by atoms with van der Waals surface area (Å²) in [5.41, 5.74) is 2.57. The molecule has 1 saturated heterocycles. The topological polar surface area (TPSA) is 93.0 Å². The van der Waals surface area contributed by atoms with E-state index in [2.05, 4.69) is 32.0 Å². The standard InChI is InChI=1S/C17H18N6O2S/c1-3-22-12-7-5-4-6-11(12)13-14(22)19-16(21-20-13)26-10(2)15(24)23-9-8-18-17(23)25/h4-7,10H,3,8-9H2,1-2H3,(H,18,25)/t10-/m0/s1. The van der Waals surface area contributed by atoms with Gasteiger partial charge in [-0.1, -0.05) is 30.0 Å². The number of fused-ring (bicyclic) bond motifs is 3. The van der Waals surface area contributed by atoms with Crippen LogP contribution >= 0.6 is 11.8 Å². The van der Waals surface area contributed by atoms with Crippen LogP contribution in [0, 0.1) is 0 Å². The summed E-state index contributed by atoms with van der Waals surface area (Å²) < 4.78 is 2.09. The lowest BCUT2D eigenvalue weighted by atomic mass is 10.2. The lowest BCUT2D eigenvalue weighted by molar-refractivity contribution is -0.126. The predicted molar refractivity (Wildman–Crippen MR) is 98.9 cm³/mol. The number of aryl methyl sites for hydroxylation is 1. The lowest BCUT2D eigenvalue weighted by Gasteiger charge is -2.16. The zero-order chi connectivity index (χ0) is 18.3. The van der Waals surface area contributed by atoms with Crippen LogP contribution in [0.1, 0.15) is 13.8 Å². The van der Waals surface area contributed by atoms with Crippen LogP contribution in [-0.4, -0.2) is 54.9 Å². The Morgan fingerprint density at radius 3 is 2.88 bits per heavy atom. The SMILES string of the molecule is CCn1c2ccccc2c2nnc(S[C@@H](C)C(=O)N3CCNC3=O)nc21. The Morgan fingerprint density at radius 2 is 2.15 bits per heavy atom. The summed E-state index contributed by atoms with van der Waals surface area (Å²) in [4.78, 5) is 30.0. The minimum Gasteiger partial charge on any atom is -0.336 e. The summed E-state index contributed by atoms with van der Waals surface area (Å²) in [7, 11) is 0. The Labute approximate surface area is 154 Å². The minimum atomic E-state index is -0.474. The minimum absolute atomic E-state index is 0.246. The molecule has 4 rings (SSSR count). The molecule has 2 aromatic heterocycles. The molecule has 0 bridgehead atoms. The maximum Gasteiger partial charge on any atom is 0.324 e. The molecule has 3 amide bonds. The van der Waals surface area contributed by atoms with Crippen LogP contribution in [0.15, 0.2) is 29.4 Å². The highest BCUT2D eigenvalue weighted by Crippen LogP contribution is 2.28. The summed E-state index contributed by atoms with van der Waals surface area (Å²) in [6.07, 6.45) is 0. The molecular formula is C17H18N6O2S. The van der Waals surface area contributed by atoms with Gasteiger partial charge in [-0.15, -0.1) is 10.2 Å². The molecule has 1 fully saturated rings. The van der Waals surface area contributed by atoms with E-state index in [0.717, 1.165) is 28.6 Å². The van der Waals surface area contributed by atoms with Gasteiger partial charge in [0.25, 0.3) is 0 Å². The smallest absolute Gasteiger partial charge is 0.324 e. The molecule has 0 saturated carbocycles. The van der Waals surface area contributed by atoms with Crippen LogP contribution in [-0.2, 0) is 11.3 Å². The summed E-state index contributed by atoms with van der Waals surface area (Å²) in [6, 6.07) is 7.65. The molecular weight excluding hydrogens is 352 g/mol. The number of benzene rings is 1. The third-order valence-electron chi connectivity index (χ3n) is 4.42. The average molecular weight is 370 g/mol. The number of hydrogen-bond acceptors (Lipinski definition) is 6. The van der Waals surface area contributed by atoms with E-state index in [1.165, 1.54) is 16.7 Å². The van der Waals surface area contributed by atoms with E-state index < -0.39 is 5.25 Å². The molecule has 8 nitrogen and oxygen atoms in total. The van der Waals surface area contributed by atoms with Gasteiger partial charge in [0, 0.05) is 25.0 Å². The molecule has 26 heavy (non-hydrogen) atoms. The van der Waals surface area contributed by atoms with Crippen molar-refractivity contribution in [1.82, 2.24) is 30.0 Å². The van der Waals surface area contributed by atoms with Gasteiger partial charge in [0.05, 0.1) is 10.8 Å². The number of hydrogen-bond donors (Lipinski definition) is 1. The Balaban J connectivity index is 1.66. The molecule has 1 atom stereocenters. The molecule has 0 radical (unpaired) electrons. The Morgan fingerprint density at radius 1 is 1.35 bits per heavy atom. The molecule has 0 aliphatic carbocycles. The molecule has 1 aliphatic heterocycles. The van der Waals surface area contributed by atoms with Gasteiger partial charge in [0.2, 0.25) is 11.1 Å². The number of para-hydroxylation sites is 1. The number of imide groups is 1. The number of rotatable bonds is 4. The number of thioether (sulfide) groups is 1. The first kappa shape index (κ1) is 16.8. The molecule has 1 aromatic carbocycles. The van der Waals surface area contributed by atoms with E-state index in [1.807, 2.05) is 24.3 Å². The Bertz CT molecular complexity index is 1020. The molecule has 0 unspecified atom stereocenters. The van der Waals surface area contributed by atoms with Gasteiger partial charge in [0.15, 0.2) is 5.65 Å². The predicted octanol–water partition coefficient (Wildman–Crippen LogP) is 2.03. The molecule has 3 aromatic rings. The van der Waals surface area contributed by atoms with Crippen LogP contribution in [0.25, 0.3) is 22.1 Å². The number of aromatic nitrogens is 4. The van der Waals surface area contributed by atoms with E-state index in [1.54, 1.807) is 6.92 Å². The third-order valence-corrected chi connectivity index (χ3v) is 5.36. The van der Waals surface area contributed by atoms with Crippen molar-refractivity contribution in [3.8, 4) is 0 Å². The van der Waals surface area contributed by atoms with Crippen molar-refractivity contribution in [2.45, 2.75) is 30.8 Å². The number of urea groups is 1. The first-order valence-electron chi connectivity index (χ1n) is 8.47. The van der Waals surface area contributed by atoms with Crippen LogP contribution in [0.5, 0.6) is 0 Å². The van der Waals surface area contributed by atoms with Crippen LogP contribution in [0.2, 0.25) is 0 Å². The molecule has 1 aliphatic rings. The second-order valence-electron chi connectivity index (χ2n) is 6.01. The third kappa shape index (κ3) is 2.68. The molecule has 0 spiro atoms. The van der Waals surface area contributed by atoms with Crippen molar-refractivity contribution < 1.29 is 9.59 Å². The zero-order valence-electron chi connectivity index (χ0n) is 14.5. The molecule has 9 heteroatoms. The van der Waals surface area contributed by atoms with Crippen molar-refractivity contribution in [2.24, 2.45) is 0 Å². The first-order valence-corrected chi connectivity index (χ1v) is 9.35. The van der Waals surface area contributed by atoms with Gasteiger partial charge >= 0.3 is 6.03 Å². The van der Waals surface area contributed by atoms with Gasteiger partial charge < -0.3 is 9.88 Å². The Hall–Kier alpha value is -2.68. The second-order valence-corrected chi connectivity index (χ2v) is 7.32. The zero-order valence-corrected chi connectivity index (χ0v) is 15.3. The van der Waals surface area contributed by atoms with Gasteiger partial charge in [-0.2, -0.15) is 0 Å². The highest BCUT2D eigenvalue weighted by Gasteiger charge is 2.30. The number of carbonyl (C=O) groups is 2. The van der Waals surface area contributed by atoms with Crippen LogP contribution in [0.4, 0.5) is 4.79 Å². The highest BCUT2D eigenvalue weighted by molar-refractivity contribution is 8.00. The number of amides is 3. The fourth-order valence-electron chi connectivity index (χ4n) is 3.17. The maximum atomic E-state index is 12.5. The van der Waals surface area contributed by atoms with Crippen molar-refractivity contribution in [1.29, 1.82) is 0 Å².